The van der Waals surface area contributed by atoms with Crippen molar-refractivity contribution in [1.29, 1.82) is 0 Å². The molecule has 164 valence electrons. The van der Waals surface area contributed by atoms with Gasteiger partial charge in [0, 0.05) is 40.9 Å². The minimum absolute atomic E-state index is 0.0180. The summed E-state index contributed by atoms with van der Waals surface area (Å²) in [5.41, 5.74) is 5.67. The van der Waals surface area contributed by atoms with Crippen LogP contribution in [0.2, 0.25) is 5.02 Å². The number of carbonyl (C=O) groups is 1. The number of halogens is 1. The molecule has 31 heavy (non-hydrogen) atoms. The van der Waals surface area contributed by atoms with Crippen LogP contribution in [0.3, 0.4) is 0 Å². The topological polar surface area (TPSA) is 87.8 Å². The summed E-state index contributed by atoms with van der Waals surface area (Å²) in [6.07, 6.45) is 2.59. The van der Waals surface area contributed by atoms with Gasteiger partial charge in [-0.1, -0.05) is 18.5 Å². The number of thioether (sulfide) groups is 1. The number of rotatable bonds is 6. The lowest BCUT2D eigenvalue weighted by atomic mass is 9.80. The van der Waals surface area contributed by atoms with Crippen molar-refractivity contribution in [3.63, 3.8) is 0 Å². The summed E-state index contributed by atoms with van der Waals surface area (Å²) in [6.45, 7) is 6.65. The van der Waals surface area contributed by atoms with Crippen LogP contribution < -0.4 is 10.3 Å². The maximum atomic E-state index is 12.1. The third kappa shape index (κ3) is 5.37. The van der Waals surface area contributed by atoms with Gasteiger partial charge in [0.25, 0.3) is 5.69 Å². The van der Waals surface area contributed by atoms with Crippen LogP contribution in [0.15, 0.2) is 46.4 Å². The molecule has 0 saturated carbocycles. The number of nitro groups is 1. The van der Waals surface area contributed by atoms with Gasteiger partial charge in [-0.2, -0.15) is 5.10 Å². The van der Waals surface area contributed by atoms with E-state index >= 15 is 0 Å². The van der Waals surface area contributed by atoms with Gasteiger partial charge in [-0.3, -0.25) is 14.9 Å². The summed E-state index contributed by atoms with van der Waals surface area (Å²) in [5.74, 6) is 0.256. The van der Waals surface area contributed by atoms with Crippen LogP contribution in [-0.4, -0.2) is 35.4 Å². The highest BCUT2D eigenvalue weighted by molar-refractivity contribution is 8.00. The SMILES string of the molecule is C[C@H]1CC(C)(C)N(C)c2cc(Cl)c(/C=N\NC(=O)CSc3ccc([N+](=O)[O-])cc3)cc21. The second-order valence-electron chi connectivity index (χ2n) is 8.24. The lowest BCUT2D eigenvalue weighted by Gasteiger charge is -2.45. The number of hydrogen-bond acceptors (Lipinski definition) is 6. The predicted molar refractivity (Wildman–Crippen MR) is 127 cm³/mol. The molecule has 1 aliphatic rings. The van der Waals surface area contributed by atoms with Crippen molar-refractivity contribution < 1.29 is 9.72 Å². The Hall–Kier alpha value is -2.58. The van der Waals surface area contributed by atoms with E-state index in [4.69, 9.17) is 11.6 Å². The molecule has 1 atom stereocenters. The molecule has 1 aliphatic heterocycles. The lowest BCUT2D eigenvalue weighted by Crippen LogP contribution is -2.45. The van der Waals surface area contributed by atoms with Crippen LogP contribution in [0.5, 0.6) is 0 Å². The summed E-state index contributed by atoms with van der Waals surface area (Å²) >= 11 is 7.75. The first-order valence-electron chi connectivity index (χ1n) is 9.85. The molecule has 0 aliphatic carbocycles. The van der Waals surface area contributed by atoms with E-state index in [1.807, 2.05) is 12.1 Å². The molecule has 2 aromatic rings. The molecule has 1 amide bonds. The minimum Gasteiger partial charge on any atom is -0.369 e. The fourth-order valence-corrected chi connectivity index (χ4v) is 4.62. The van der Waals surface area contributed by atoms with Crippen molar-refractivity contribution in [3.8, 4) is 0 Å². The third-order valence-corrected chi connectivity index (χ3v) is 6.90. The molecule has 2 aromatic carbocycles. The highest BCUT2D eigenvalue weighted by atomic mass is 35.5. The summed E-state index contributed by atoms with van der Waals surface area (Å²) in [5, 5.41) is 15.3. The van der Waals surface area contributed by atoms with Crippen LogP contribution in [-0.2, 0) is 4.79 Å². The van der Waals surface area contributed by atoms with Gasteiger partial charge >= 0.3 is 0 Å². The zero-order valence-corrected chi connectivity index (χ0v) is 19.5. The number of nitro benzene ring substituents is 1. The Morgan fingerprint density at radius 2 is 2.06 bits per heavy atom. The van der Waals surface area contributed by atoms with Crippen LogP contribution in [0, 0.1) is 10.1 Å². The minimum atomic E-state index is -0.457. The van der Waals surface area contributed by atoms with Crippen molar-refractivity contribution in [2.45, 2.75) is 43.5 Å². The Bertz CT molecular complexity index is 1020. The number of amides is 1. The number of benzene rings is 2. The van der Waals surface area contributed by atoms with Crippen molar-refractivity contribution in [1.82, 2.24) is 5.43 Å². The van der Waals surface area contributed by atoms with Crippen LogP contribution >= 0.6 is 23.4 Å². The van der Waals surface area contributed by atoms with Gasteiger partial charge in [0.05, 0.1) is 21.9 Å². The molecule has 7 nitrogen and oxygen atoms in total. The average Bonchev–Trinajstić information content (AvgIpc) is 2.71. The van der Waals surface area contributed by atoms with E-state index in [9.17, 15) is 14.9 Å². The molecule has 0 radical (unpaired) electrons. The Labute approximate surface area is 191 Å². The first-order chi connectivity index (χ1) is 14.6. The van der Waals surface area contributed by atoms with Crippen LogP contribution in [0.25, 0.3) is 0 Å². The average molecular weight is 461 g/mol. The first-order valence-corrected chi connectivity index (χ1v) is 11.2. The number of hydrazone groups is 1. The number of anilines is 1. The second-order valence-corrected chi connectivity index (χ2v) is 9.70. The van der Waals surface area contributed by atoms with E-state index in [2.05, 4.69) is 43.2 Å². The normalized spacial score (nSPS) is 17.5. The fraction of sp³-hybridized carbons (Fsp3) is 0.364. The summed E-state index contributed by atoms with van der Waals surface area (Å²) < 4.78 is 0. The quantitative estimate of drug-likeness (QED) is 0.276. The fourth-order valence-electron chi connectivity index (χ4n) is 3.72. The Morgan fingerprint density at radius 3 is 2.71 bits per heavy atom. The van der Waals surface area contributed by atoms with Gasteiger partial charge < -0.3 is 4.90 Å². The molecule has 1 heterocycles. The number of fused-ring (bicyclic) bond motifs is 1. The zero-order chi connectivity index (χ0) is 22.8. The molecule has 3 rings (SSSR count). The van der Waals surface area contributed by atoms with Gasteiger partial charge in [-0.25, -0.2) is 5.43 Å². The van der Waals surface area contributed by atoms with E-state index in [1.165, 1.54) is 29.5 Å². The molecule has 1 N–H and O–H groups in total. The molecular formula is C22H25ClN4O3S. The van der Waals surface area contributed by atoms with E-state index < -0.39 is 4.92 Å². The van der Waals surface area contributed by atoms with E-state index in [1.54, 1.807) is 18.3 Å². The predicted octanol–water partition coefficient (Wildman–Crippen LogP) is 5.21. The van der Waals surface area contributed by atoms with Gasteiger partial charge in [0.15, 0.2) is 0 Å². The number of carbonyl (C=O) groups excluding carboxylic acids is 1. The van der Waals surface area contributed by atoms with Gasteiger partial charge in [0.2, 0.25) is 5.91 Å². The monoisotopic (exact) mass is 460 g/mol. The lowest BCUT2D eigenvalue weighted by molar-refractivity contribution is -0.384. The van der Waals surface area contributed by atoms with Crippen molar-refractivity contribution in [2.24, 2.45) is 5.10 Å². The highest BCUT2D eigenvalue weighted by Crippen LogP contribution is 2.44. The largest absolute Gasteiger partial charge is 0.369 e. The number of nitrogens with one attached hydrogen (secondary N) is 1. The molecule has 0 unspecified atom stereocenters. The van der Waals surface area contributed by atoms with Gasteiger partial charge in [0.1, 0.15) is 0 Å². The van der Waals surface area contributed by atoms with Gasteiger partial charge in [-0.15, -0.1) is 11.8 Å². The van der Waals surface area contributed by atoms with E-state index in [0.717, 1.165) is 22.6 Å². The Kier molecular flexibility index (Phi) is 6.91. The third-order valence-electron chi connectivity index (χ3n) is 5.56. The van der Waals surface area contributed by atoms with Crippen molar-refractivity contribution >= 4 is 46.9 Å². The molecule has 0 spiro atoms. The standard InChI is InChI=1S/C22H25ClN4O3S/c1-14-11-22(2,3)26(4)20-10-19(23)15(9-18(14)20)12-24-25-21(28)13-31-17-7-5-16(6-8-17)27(29)30/h5-10,12,14H,11,13H2,1-4H3,(H,25,28)/b24-12-/t14-/m0/s1. The molecule has 0 saturated heterocycles. The maximum Gasteiger partial charge on any atom is 0.269 e. The molecule has 9 heteroatoms. The smallest absolute Gasteiger partial charge is 0.269 e. The molecule has 0 aromatic heterocycles. The Morgan fingerprint density at radius 1 is 1.39 bits per heavy atom. The second kappa shape index (κ2) is 9.28. The maximum absolute atomic E-state index is 12.1. The highest BCUT2D eigenvalue weighted by Gasteiger charge is 2.34. The first kappa shape index (κ1) is 23.1. The van der Waals surface area contributed by atoms with E-state index in [0.29, 0.717) is 10.9 Å². The Balaban J connectivity index is 1.61. The summed E-state index contributed by atoms with van der Waals surface area (Å²) in [7, 11) is 2.08. The number of hydrogen-bond donors (Lipinski definition) is 1. The summed E-state index contributed by atoms with van der Waals surface area (Å²) in [6, 6.07) is 10.1. The molecule has 0 fully saturated rings. The van der Waals surface area contributed by atoms with Crippen molar-refractivity contribution in [2.75, 3.05) is 17.7 Å². The van der Waals surface area contributed by atoms with Gasteiger partial charge in [-0.05, 0) is 56.0 Å². The summed E-state index contributed by atoms with van der Waals surface area (Å²) in [4.78, 5) is 25.3. The zero-order valence-electron chi connectivity index (χ0n) is 17.9. The van der Waals surface area contributed by atoms with Crippen LogP contribution in [0.4, 0.5) is 11.4 Å². The van der Waals surface area contributed by atoms with Crippen molar-refractivity contribution in [3.05, 3.63) is 62.7 Å². The van der Waals surface area contributed by atoms with E-state index in [-0.39, 0.29) is 22.9 Å². The number of nitrogens with zero attached hydrogens (tertiary/aromatic N) is 3. The molecule has 0 bridgehead atoms. The molecular weight excluding hydrogens is 436 g/mol. The van der Waals surface area contributed by atoms with Crippen LogP contribution in [0.1, 0.15) is 44.2 Å². The number of non-ortho nitro benzene ring substituents is 1.